The summed E-state index contributed by atoms with van der Waals surface area (Å²) < 4.78 is 2.43. The highest BCUT2D eigenvalue weighted by atomic mass is 32.2. The Morgan fingerprint density at radius 1 is 1.03 bits per heavy atom. The van der Waals surface area contributed by atoms with E-state index in [0.717, 1.165) is 27.4 Å². The van der Waals surface area contributed by atoms with Crippen LogP contribution in [0.25, 0.3) is 22.3 Å². The number of thioether (sulfide) groups is 1. The van der Waals surface area contributed by atoms with Crippen LogP contribution in [0.15, 0.2) is 83.2 Å². The average molecular weight is 474 g/mol. The van der Waals surface area contributed by atoms with Gasteiger partial charge in [0, 0.05) is 11.8 Å². The van der Waals surface area contributed by atoms with Crippen LogP contribution in [0.2, 0.25) is 0 Å². The Hall–Kier alpha value is -3.00. The lowest BCUT2D eigenvalue weighted by Crippen LogP contribution is -2.27. The molecular formula is C25H19N3OS3. The Labute approximate surface area is 200 Å². The van der Waals surface area contributed by atoms with Crippen LogP contribution in [-0.4, -0.2) is 24.9 Å². The van der Waals surface area contributed by atoms with Crippen molar-refractivity contribution >= 4 is 51.6 Å². The summed E-state index contributed by atoms with van der Waals surface area (Å²) in [4.78, 5) is 16.5. The SMILES string of the molecule is Cc1ccc(CN2C(=O)/C(=C/c3cn(-c4ccccc4)nc3-c3cccs3)SC2=S)cc1. The second kappa shape index (κ2) is 8.86. The van der Waals surface area contributed by atoms with Gasteiger partial charge < -0.3 is 0 Å². The van der Waals surface area contributed by atoms with Gasteiger partial charge in [0.2, 0.25) is 0 Å². The first-order chi connectivity index (χ1) is 15.6. The van der Waals surface area contributed by atoms with Gasteiger partial charge in [-0.15, -0.1) is 11.3 Å². The van der Waals surface area contributed by atoms with Crippen LogP contribution in [0.1, 0.15) is 16.7 Å². The van der Waals surface area contributed by atoms with Gasteiger partial charge in [0.1, 0.15) is 10.0 Å². The van der Waals surface area contributed by atoms with E-state index < -0.39 is 0 Å². The summed E-state index contributed by atoms with van der Waals surface area (Å²) >= 11 is 8.51. The largest absolute Gasteiger partial charge is 0.288 e. The third kappa shape index (κ3) is 4.19. The van der Waals surface area contributed by atoms with Gasteiger partial charge in [-0.3, -0.25) is 9.69 Å². The summed E-state index contributed by atoms with van der Waals surface area (Å²) in [7, 11) is 0. The molecule has 32 heavy (non-hydrogen) atoms. The molecule has 3 heterocycles. The third-order valence-corrected chi connectivity index (χ3v) is 7.39. The van der Waals surface area contributed by atoms with Crippen LogP contribution in [0.4, 0.5) is 0 Å². The number of carbonyl (C=O) groups is 1. The van der Waals surface area contributed by atoms with Crippen LogP contribution < -0.4 is 0 Å². The van der Waals surface area contributed by atoms with Crippen molar-refractivity contribution in [2.75, 3.05) is 0 Å². The molecule has 4 aromatic rings. The minimum Gasteiger partial charge on any atom is -0.288 e. The number of benzene rings is 2. The van der Waals surface area contributed by atoms with Gasteiger partial charge in [-0.25, -0.2) is 4.68 Å². The molecule has 0 bridgehead atoms. The lowest BCUT2D eigenvalue weighted by Gasteiger charge is -2.14. The number of thiocarbonyl (C=S) groups is 1. The van der Waals surface area contributed by atoms with Crippen LogP contribution in [0.3, 0.4) is 0 Å². The molecule has 0 spiro atoms. The molecule has 0 atom stereocenters. The van der Waals surface area contributed by atoms with Crippen LogP contribution >= 0.6 is 35.3 Å². The second-order valence-electron chi connectivity index (χ2n) is 7.44. The molecule has 1 fully saturated rings. The number of thiophene rings is 1. The molecule has 0 radical (unpaired) electrons. The number of nitrogens with zero attached hydrogens (tertiary/aromatic N) is 3. The molecule has 0 unspecified atom stereocenters. The maximum absolute atomic E-state index is 13.2. The molecule has 0 N–H and O–H groups in total. The van der Waals surface area contributed by atoms with Crippen molar-refractivity contribution in [2.45, 2.75) is 13.5 Å². The smallest absolute Gasteiger partial charge is 0.266 e. The molecule has 1 saturated heterocycles. The topological polar surface area (TPSA) is 38.1 Å². The van der Waals surface area contributed by atoms with Crippen LogP contribution in [-0.2, 0) is 11.3 Å². The van der Waals surface area contributed by atoms with Gasteiger partial charge in [0.15, 0.2) is 0 Å². The predicted molar refractivity (Wildman–Crippen MR) is 137 cm³/mol. The zero-order valence-corrected chi connectivity index (χ0v) is 19.7. The summed E-state index contributed by atoms with van der Waals surface area (Å²) in [5.74, 6) is -0.0647. The molecule has 158 valence electrons. The van der Waals surface area contributed by atoms with E-state index in [-0.39, 0.29) is 5.91 Å². The zero-order valence-electron chi connectivity index (χ0n) is 17.3. The number of amides is 1. The minimum absolute atomic E-state index is 0.0647. The predicted octanol–water partition coefficient (Wildman–Crippen LogP) is 6.31. The highest BCUT2D eigenvalue weighted by molar-refractivity contribution is 8.26. The molecule has 2 aromatic heterocycles. The van der Waals surface area contributed by atoms with Crippen molar-refractivity contribution in [1.29, 1.82) is 0 Å². The van der Waals surface area contributed by atoms with Crippen molar-refractivity contribution in [1.82, 2.24) is 14.7 Å². The highest BCUT2D eigenvalue weighted by Gasteiger charge is 2.32. The van der Waals surface area contributed by atoms with Crippen molar-refractivity contribution < 1.29 is 4.79 Å². The number of aryl methyl sites for hydroxylation is 1. The third-order valence-electron chi connectivity index (χ3n) is 5.14. The van der Waals surface area contributed by atoms with Crippen molar-refractivity contribution in [2.24, 2.45) is 0 Å². The number of hydrogen-bond acceptors (Lipinski definition) is 5. The number of carbonyl (C=O) groups excluding carboxylic acids is 1. The Morgan fingerprint density at radius 2 is 1.81 bits per heavy atom. The molecule has 1 amide bonds. The van der Waals surface area contributed by atoms with Crippen molar-refractivity contribution in [3.05, 3.63) is 99.9 Å². The molecule has 7 heteroatoms. The van der Waals surface area contributed by atoms with E-state index in [9.17, 15) is 4.79 Å². The summed E-state index contributed by atoms with van der Waals surface area (Å²) in [5.41, 5.74) is 4.97. The quantitative estimate of drug-likeness (QED) is 0.251. The fourth-order valence-electron chi connectivity index (χ4n) is 3.46. The first-order valence-corrected chi connectivity index (χ1v) is 12.2. The summed E-state index contributed by atoms with van der Waals surface area (Å²) in [6, 6.07) is 22.2. The van der Waals surface area contributed by atoms with Crippen LogP contribution in [0, 0.1) is 6.92 Å². The zero-order chi connectivity index (χ0) is 22.1. The Balaban J connectivity index is 1.49. The maximum Gasteiger partial charge on any atom is 0.266 e. The van der Waals surface area contributed by atoms with Gasteiger partial charge in [0.05, 0.1) is 22.0 Å². The first-order valence-electron chi connectivity index (χ1n) is 10.1. The molecule has 0 aliphatic carbocycles. The van der Waals surface area contributed by atoms with Crippen molar-refractivity contribution in [3.63, 3.8) is 0 Å². The number of rotatable bonds is 5. The summed E-state index contributed by atoms with van der Waals surface area (Å²) in [6.45, 7) is 2.52. The number of para-hydroxylation sites is 1. The average Bonchev–Trinajstić information content (AvgIpc) is 3.53. The van der Waals surface area contributed by atoms with E-state index in [1.165, 1.54) is 17.3 Å². The Kier molecular flexibility index (Phi) is 5.78. The normalized spacial score (nSPS) is 15.2. The standard InChI is InChI=1S/C25H19N3OS3/c1-17-9-11-18(12-10-17)15-27-24(29)22(32-25(27)30)14-19-16-28(20-6-3-2-4-7-20)26-23(19)21-8-5-13-31-21/h2-14,16H,15H2,1H3/b22-14-. The van der Waals surface area contributed by atoms with Crippen molar-refractivity contribution in [3.8, 4) is 16.3 Å². The molecule has 1 aliphatic rings. The monoisotopic (exact) mass is 473 g/mol. The van der Waals surface area contributed by atoms with Gasteiger partial charge >= 0.3 is 0 Å². The fourth-order valence-corrected chi connectivity index (χ4v) is 5.44. The lowest BCUT2D eigenvalue weighted by molar-refractivity contribution is -0.122. The molecule has 4 nitrogen and oxygen atoms in total. The Bertz CT molecular complexity index is 1310. The fraction of sp³-hybridized carbons (Fsp3) is 0.0800. The maximum atomic E-state index is 13.2. The number of aromatic nitrogens is 2. The summed E-state index contributed by atoms with van der Waals surface area (Å²) in [5, 5.41) is 6.85. The van der Waals surface area contributed by atoms with Gasteiger partial charge in [0.25, 0.3) is 5.91 Å². The molecular weight excluding hydrogens is 454 g/mol. The summed E-state index contributed by atoms with van der Waals surface area (Å²) in [6.07, 6.45) is 3.88. The number of hydrogen-bond donors (Lipinski definition) is 0. The molecule has 0 saturated carbocycles. The minimum atomic E-state index is -0.0647. The molecule has 2 aromatic carbocycles. The van der Waals surface area contributed by atoms with Gasteiger partial charge in [-0.2, -0.15) is 5.10 Å². The van der Waals surface area contributed by atoms with E-state index in [0.29, 0.717) is 15.8 Å². The molecule has 1 aliphatic heterocycles. The lowest BCUT2D eigenvalue weighted by atomic mass is 10.1. The Morgan fingerprint density at radius 3 is 2.53 bits per heavy atom. The van der Waals surface area contributed by atoms with E-state index in [1.54, 1.807) is 16.2 Å². The van der Waals surface area contributed by atoms with Gasteiger partial charge in [-0.1, -0.05) is 78.1 Å². The van der Waals surface area contributed by atoms with E-state index in [2.05, 4.69) is 0 Å². The van der Waals surface area contributed by atoms with Gasteiger partial charge in [-0.05, 0) is 42.1 Å². The molecule has 5 rings (SSSR count). The van der Waals surface area contributed by atoms with Crippen LogP contribution in [0.5, 0.6) is 0 Å². The van der Waals surface area contributed by atoms with E-state index >= 15 is 0 Å². The second-order valence-corrected chi connectivity index (χ2v) is 10.1. The van der Waals surface area contributed by atoms with E-state index in [4.69, 9.17) is 17.3 Å². The first kappa shape index (κ1) is 20.9. The highest BCUT2D eigenvalue weighted by Crippen LogP contribution is 2.36. The van der Waals surface area contributed by atoms with E-state index in [1.807, 2.05) is 96.0 Å².